The second-order valence-corrected chi connectivity index (χ2v) is 5.61. The number of piperidine rings is 1. The molecule has 5 heteroatoms. The minimum Gasteiger partial charge on any atom is -0.481 e. The van der Waals surface area contributed by atoms with Crippen LogP contribution in [0.5, 0.6) is 0 Å². The van der Waals surface area contributed by atoms with Crippen LogP contribution in [0.3, 0.4) is 0 Å². The highest BCUT2D eigenvalue weighted by Crippen LogP contribution is 2.24. The number of carboxylic acid groups (broad SMARTS) is 1. The number of carbonyl (C=O) groups excluding carboxylic acids is 1. The number of carbonyl (C=O) groups is 2. The Morgan fingerprint density at radius 1 is 1.17 bits per heavy atom. The highest BCUT2D eigenvalue weighted by Gasteiger charge is 2.32. The highest BCUT2D eigenvalue weighted by molar-refractivity contribution is 5.79. The van der Waals surface area contributed by atoms with Crippen LogP contribution in [0.2, 0.25) is 0 Å². The summed E-state index contributed by atoms with van der Waals surface area (Å²) in [6.07, 6.45) is 2.87. The van der Waals surface area contributed by atoms with Gasteiger partial charge in [0.25, 0.3) is 0 Å². The predicted molar refractivity (Wildman–Crippen MR) is 67.2 cm³/mol. The lowest BCUT2D eigenvalue weighted by Gasteiger charge is -2.33. The molecule has 0 radical (unpaired) electrons. The first-order valence-electron chi connectivity index (χ1n) is 6.75. The van der Waals surface area contributed by atoms with Crippen molar-refractivity contribution in [2.24, 2.45) is 11.8 Å². The number of hydrogen-bond acceptors (Lipinski definition) is 3. The van der Waals surface area contributed by atoms with E-state index in [-0.39, 0.29) is 24.2 Å². The van der Waals surface area contributed by atoms with Crippen molar-refractivity contribution in [2.45, 2.75) is 25.7 Å². The smallest absolute Gasteiger partial charge is 0.303 e. The minimum atomic E-state index is -0.725. The molecule has 0 bridgehead atoms. The third-order valence-corrected chi connectivity index (χ3v) is 4.13. The number of nitrogens with zero attached hydrogens (tertiary/aromatic N) is 2. The molecule has 1 N–H and O–H groups in total. The van der Waals surface area contributed by atoms with E-state index in [1.165, 1.54) is 0 Å². The molecule has 0 spiro atoms. The molecule has 2 aliphatic heterocycles. The molecule has 2 aliphatic rings. The van der Waals surface area contributed by atoms with Crippen LogP contribution in [0.25, 0.3) is 0 Å². The Kier molecular flexibility index (Phi) is 4.22. The Bertz CT molecular complexity index is 324. The molecule has 0 aromatic rings. The van der Waals surface area contributed by atoms with Crippen LogP contribution < -0.4 is 0 Å². The van der Waals surface area contributed by atoms with Crippen LogP contribution in [0.15, 0.2) is 0 Å². The molecule has 0 aliphatic carbocycles. The van der Waals surface area contributed by atoms with Crippen molar-refractivity contribution in [3.63, 3.8) is 0 Å². The van der Waals surface area contributed by atoms with E-state index in [0.29, 0.717) is 0 Å². The van der Waals surface area contributed by atoms with Gasteiger partial charge in [-0.05, 0) is 38.8 Å². The Morgan fingerprint density at radius 2 is 1.83 bits per heavy atom. The van der Waals surface area contributed by atoms with Gasteiger partial charge in [-0.15, -0.1) is 0 Å². The molecule has 2 heterocycles. The molecule has 1 atom stereocenters. The zero-order chi connectivity index (χ0) is 13.1. The van der Waals surface area contributed by atoms with Gasteiger partial charge in [0.05, 0.1) is 5.92 Å². The molecule has 2 saturated heterocycles. The number of carboxylic acids is 1. The van der Waals surface area contributed by atoms with E-state index in [9.17, 15) is 9.59 Å². The molecule has 102 valence electrons. The molecule has 0 aromatic carbocycles. The maximum atomic E-state index is 12.3. The number of hydrogen-bond donors (Lipinski definition) is 1. The Labute approximate surface area is 108 Å². The van der Waals surface area contributed by atoms with Crippen LogP contribution in [-0.2, 0) is 9.59 Å². The molecule has 0 aromatic heterocycles. The lowest BCUT2D eigenvalue weighted by molar-refractivity contribution is -0.139. The Balaban J connectivity index is 1.79. The van der Waals surface area contributed by atoms with E-state index in [0.717, 1.165) is 45.4 Å². The summed E-state index contributed by atoms with van der Waals surface area (Å²) >= 11 is 0. The minimum absolute atomic E-state index is 0.158. The molecule has 2 rings (SSSR count). The number of likely N-dealkylation sites (tertiary alicyclic amines) is 2. The van der Waals surface area contributed by atoms with Crippen LogP contribution in [0.1, 0.15) is 25.7 Å². The number of rotatable bonds is 3. The highest BCUT2D eigenvalue weighted by atomic mass is 16.4. The number of aliphatic carboxylic acids is 1. The fraction of sp³-hybridized carbons (Fsp3) is 0.846. The van der Waals surface area contributed by atoms with Gasteiger partial charge in [0, 0.05) is 26.1 Å². The normalized spacial score (nSPS) is 26.5. The maximum Gasteiger partial charge on any atom is 0.303 e. The van der Waals surface area contributed by atoms with Crippen molar-refractivity contribution < 1.29 is 14.7 Å². The van der Waals surface area contributed by atoms with E-state index >= 15 is 0 Å². The van der Waals surface area contributed by atoms with Crippen molar-refractivity contribution >= 4 is 11.9 Å². The zero-order valence-electron chi connectivity index (χ0n) is 11.0. The van der Waals surface area contributed by atoms with Gasteiger partial charge in [-0.25, -0.2) is 0 Å². The molecular weight excluding hydrogens is 232 g/mol. The zero-order valence-corrected chi connectivity index (χ0v) is 11.0. The first-order valence-corrected chi connectivity index (χ1v) is 6.75. The van der Waals surface area contributed by atoms with Gasteiger partial charge in [0.2, 0.25) is 5.91 Å². The van der Waals surface area contributed by atoms with E-state index in [2.05, 4.69) is 4.90 Å². The van der Waals surface area contributed by atoms with Crippen LogP contribution in [-0.4, -0.2) is 60.0 Å². The van der Waals surface area contributed by atoms with E-state index in [1.807, 2.05) is 11.9 Å². The molecular formula is C13H22N2O3. The Hall–Kier alpha value is -1.10. The summed E-state index contributed by atoms with van der Waals surface area (Å²) in [6.45, 7) is 3.34. The van der Waals surface area contributed by atoms with Crippen LogP contribution in [0, 0.1) is 11.8 Å². The monoisotopic (exact) mass is 254 g/mol. The average Bonchev–Trinajstić information content (AvgIpc) is 2.75. The van der Waals surface area contributed by atoms with Crippen molar-refractivity contribution in [2.75, 3.05) is 33.2 Å². The molecule has 5 nitrogen and oxygen atoms in total. The average molecular weight is 254 g/mol. The maximum absolute atomic E-state index is 12.3. The fourth-order valence-corrected chi connectivity index (χ4v) is 3.00. The second kappa shape index (κ2) is 5.69. The summed E-state index contributed by atoms with van der Waals surface area (Å²) in [4.78, 5) is 27.0. The van der Waals surface area contributed by atoms with Crippen LogP contribution >= 0.6 is 0 Å². The largest absolute Gasteiger partial charge is 0.481 e. The van der Waals surface area contributed by atoms with Gasteiger partial charge >= 0.3 is 5.97 Å². The van der Waals surface area contributed by atoms with E-state index in [1.54, 1.807) is 0 Å². The standard InChI is InChI=1S/C13H22N2O3/c1-14-5-4-11(9-14)13(18)15-6-2-10(3-7-15)8-12(16)17/h10-11H,2-9H2,1H3,(H,16,17). The molecule has 0 saturated carbocycles. The van der Waals surface area contributed by atoms with Crippen molar-refractivity contribution in [3.8, 4) is 0 Å². The predicted octanol–water partition coefficient (Wildman–Crippen LogP) is 0.651. The summed E-state index contributed by atoms with van der Waals surface area (Å²) < 4.78 is 0. The second-order valence-electron chi connectivity index (χ2n) is 5.61. The summed E-state index contributed by atoms with van der Waals surface area (Å²) in [5.41, 5.74) is 0. The number of amides is 1. The van der Waals surface area contributed by atoms with Gasteiger partial charge in [-0.3, -0.25) is 9.59 Å². The third kappa shape index (κ3) is 3.22. The lowest BCUT2D eigenvalue weighted by atomic mass is 9.93. The summed E-state index contributed by atoms with van der Waals surface area (Å²) in [5, 5.41) is 8.76. The van der Waals surface area contributed by atoms with E-state index < -0.39 is 5.97 Å². The van der Waals surface area contributed by atoms with Crippen molar-refractivity contribution in [1.82, 2.24) is 9.80 Å². The third-order valence-electron chi connectivity index (χ3n) is 4.13. The van der Waals surface area contributed by atoms with Crippen molar-refractivity contribution in [1.29, 1.82) is 0 Å². The van der Waals surface area contributed by atoms with Gasteiger partial charge in [-0.2, -0.15) is 0 Å². The summed E-state index contributed by atoms with van der Waals surface area (Å²) in [5.74, 6) is -0.0471. The first kappa shape index (κ1) is 13.3. The van der Waals surface area contributed by atoms with Gasteiger partial charge < -0.3 is 14.9 Å². The molecule has 1 amide bonds. The van der Waals surface area contributed by atoms with Gasteiger partial charge in [0.1, 0.15) is 0 Å². The quantitative estimate of drug-likeness (QED) is 0.803. The SMILES string of the molecule is CN1CCC(C(=O)N2CCC(CC(=O)O)CC2)C1. The molecule has 2 fully saturated rings. The lowest BCUT2D eigenvalue weighted by Crippen LogP contribution is -2.42. The molecule has 18 heavy (non-hydrogen) atoms. The summed E-state index contributed by atoms with van der Waals surface area (Å²) in [7, 11) is 2.05. The first-order chi connectivity index (χ1) is 8.56. The summed E-state index contributed by atoms with van der Waals surface area (Å²) in [6, 6.07) is 0. The van der Waals surface area contributed by atoms with Gasteiger partial charge in [-0.1, -0.05) is 0 Å². The topological polar surface area (TPSA) is 60.9 Å². The molecule has 1 unspecified atom stereocenters. The van der Waals surface area contributed by atoms with Crippen molar-refractivity contribution in [3.05, 3.63) is 0 Å². The Morgan fingerprint density at radius 3 is 2.33 bits per heavy atom. The van der Waals surface area contributed by atoms with Crippen LogP contribution in [0.4, 0.5) is 0 Å². The fourth-order valence-electron chi connectivity index (χ4n) is 3.00. The van der Waals surface area contributed by atoms with Gasteiger partial charge in [0.15, 0.2) is 0 Å². The van der Waals surface area contributed by atoms with E-state index in [4.69, 9.17) is 5.11 Å².